The molecule has 0 aromatic heterocycles. The van der Waals surface area contributed by atoms with Crippen LogP contribution in [0, 0.1) is 17.0 Å². The predicted molar refractivity (Wildman–Crippen MR) is 107 cm³/mol. The van der Waals surface area contributed by atoms with Crippen LogP contribution in [0.5, 0.6) is 0 Å². The molecule has 130 valence electrons. The van der Waals surface area contributed by atoms with Gasteiger partial charge in [-0.05, 0) is 48.9 Å². The number of nitrogens with zero attached hydrogens (tertiary/aromatic N) is 2. The Kier molecular flexibility index (Phi) is 5.71. The van der Waals surface area contributed by atoms with Gasteiger partial charge in [-0.15, -0.1) is 0 Å². The molecular formula is C20H15ClN2O2S. The molecule has 0 unspecified atom stereocenters. The van der Waals surface area contributed by atoms with Crippen LogP contribution in [0.3, 0.4) is 0 Å². The third-order valence-corrected chi connectivity index (χ3v) is 4.91. The van der Waals surface area contributed by atoms with Crippen molar-refractivity contribution in [1.82, 2.24) is 0 Å². The quantitative estimate of drug-likeness (QED) is 0.289. The fraction of sp³-hybridized carbons (Fsp3) is 0.0500. The first-order valence-electron chi connectivity index (χ1n) is 7.84. The molecule has 6 heteroatoms. The highest BCUT2D eigenvalue weighted by Crippen LogP contribution is 2.35. The number of hydrogen-bond donors (Lipinski definition) is 0. The van der Waals surface area contributed by atoms with E-state index in [1.54, 1.807) is 30.5 Å². The van der Waals surface area contributed by atoms with E-state index in [0.29, 0.717) is 21.2 Å². The van der Waals surface area contributed by atoms with Gasteiger partial charge in [0.2, 0.25) is 0 Å². The summed E-state index contributed by atoms with van der Waals surface area (Å²) in [6.45, 7) is 2.00. The Hall–Kier alpha value is -2.63. The van der Waals surface area contributed by atoms with Crippen LogP contribution in [0.1, 0.15) is 11.1 Å². The third kappa shape index (κ3) is 4.71. The fourth-order valence-corrected chi connectivity index (χ4v) is 3.37. The van der Waals surface area contributed by atoms with E-state index in [0.717, 1.165) is 10.5 Å². The smallest absolute Gasteiger partial charge is 0.258 e. The van der Waals surface area contributed by atoms with Crippen LogP contribution in [-0.2, 0) is 0 Å². The largest absolute Gasteiger partial charge is 0.283 e. The minimum Gasteiger partial charge on any atom is -0.258 e. The molecule has 0 saturated heterocycles. The van der Waals surface area contributed by atoms with Crippen LogP contribution < -0.4 is 0 Å². The zero-order valence-electron chi connectivity index (χ0n) is 13.9. The van der Waals surface area contributed by atoms with Crippen LogP contribution in [0.2, 0.25) is 5.02 Å². The second kappa shape index (κ2) is 8.17. The molecule has 4 nitrogen and oxygen atoms in total. The number of benzene rings is 3. The summed E-state index contributed by atoms with van der Waals surface area (Å²) in [6, 6.07) is 20.1. The maximum atomic E-state index is 11.5. The van der Waals surface area contributed by atoms with Gasteiger partial charge in [-0.25, -0.2) is 0 Å². The Balaban J connectivity index is 1.86. The second-order valence-corrected chi connectivity index (χ2v) is 7.19. The van der Waals surface area contributed by atoms with Crippen molar-refractivity contribution in [2.45, 2.75) is 16.7 Å². The Labute approximate surface area is 160 Å². The highest BCUT2D eigenvalue weighted by Gasteiger charge is 2.15. The summed E-state index contributed by atoms with van der Waals surface area (Å²) in [7, 11) is 0. The molecule has 0 radical (unpaired) electrons. The molecule has 0 atom stereocenters. The Morgan fingerprint density at radius 2 is 1.85 bits per heavy atom. The van der Waals surface area contributed by atoms with Crippen molar-refractivity contribution in [3.8, 4) is 0 Å². The molecule has 3 rings (SSSR count). The van der Waals surface area contributed by atoms with Gasteiger partial charge < -0.3 is 0 Å². The van der Waals surface area contributed by atoms with Gasteiger partial charge >= 0.3 is 0 Å². The molecule has 0 saturated carbocycles. The summed E-state index contributed by atoms with van der Waals surface area (Å²) >= 11 is 7.31. The number of nitro groups is 1. The van der Waals surface area contributed by atoms with Crippen molar-refractivity contribution in [3.05, 3.63) is 93.0 Å². The number of hydrogen-bond acceptors (Lipinski definition) is 4. The van der Waals surface area contributed by atoms with Gasteiger partial charge in [0.1, 0.15) is 0 Å². The van der Waals surface area contributed by atoms with E-state index in [2.05, 4.69) is 4.99 Å². The molecule has 0 N–H and O–H groups in total. The number of nitro benzene ring substituents is 1. The number of halogens is 1. The highest BCUT2D eigenvalue weighted by molar-refractivity contribution is 7.99. The summed E-state index contributed by atoms with van der Waals surface area (Å²) in [5.41, 5.74) is 2.56. The lowest BCUT2D eigenvalue weighted by atomic mass is 10.2. The molecule has 3 aromatic rings. The third-order valence-electron chi connectivity index (χ3n) is 3.60. The summed E-state index contributed by atoms with van der Waals surface area (Å²) in [5, 5.41) is 12.1. The van der Waals surface area contributed by atoms with E-state index in [1.165, 1.54) is 17.8 Å². The molecule has 0 fully saturated rings. The average molecular weight is 383 g/mol. The predicted octanol–water partition coefficient (Wildman–Crippen LogP) is 6.46. The maximum absolute atomic E-state index is 11.5. The molecule has 0 aliphatic heterocycles. The Morgan fingerprint density at radius 1 is 1.08 bits per heavy atom. The van der Waals surface area contributed by atoms with Crippen molar-refractivity contribution in [3.63, 3.8) is 0 Å². The lowest BCUT2D eigenvalue weighted by Crippen LogP contribution is -1.93. The molecule has 0 aliphatic rings. The SMILES string of the molecule is Cc1ccc(Sc2ccc(C=Nc3cccc(Cl)c3)cc2[N+](=O)[O-])cc1. The molecule has 0 bridgehead atoms. The minimum absolute atomic E-state index is 0.0608. The van der Waals surface area contributed by atoms with Crippen LogP contribution in [-0.4, -0.2) is 11.1 Å². The molecular weight excluding hydrogens is 368 g/mol. The topological polar surface area (TPSA) is 55.5 Å². The normalized spacial score (nSPS) is 11.0. The summed E-state index contributed by atoms with van der Waals surface area (Å²) in [5.74, 6) is 0. The van der Waals surface area contributed by atoms with E-state index < -0.39 is 0 Å². The molecule has 0 spiro atoms. The van der Waals surface area contributed by atoms with E-state index in [9.17, 15) is 10.1 Å². The van der Waals surface area contributed by atoms with Crippen LogP contribution in [0.25, 0.3) is 0 Å². The number of rotatable bonds is 5. The molecule has 26 heavy (non-hydrogen) atoms. The van der Waals surface area contributed by atoms with Gasteiger partial charge in [-0.1, -0.05) is 53.2 Å². The Morgan fingerprint density at radius 3 is 2.54 bits per heavy atom. The summed E-state index contributed by atoms with van der Waals surface area (Å²) in [6.07, 6.45) is 1.60. The van der Waals surface area contributed by atoms with Crippen molar-refractivity contribution in [1.29, 1.82) is 0 Å². The van der Waals surface area contributed by atoms with Gasteiger partial charge in [0.15, 0.2) is 0 Å². The first-order chi connectivity index (χ1) is 12.5. The van der Waals surface area contributed by atoms with Gasteiger partial charge in [0, 0.05) is 22.2 Å². The zero-order valence-corrected chi connectivity index (χ0v) is 15.5. The van der Waals surface area contributed by atoms with E-state index in [-0.39, 0.29) is 10.6 Å². The lowest BCUT2D eigenvalue weighted by Gasteiger charge is -2.04. The van der Waals surface area contributed by atoms with Gasteiger partial charge in [0.25, 0.3) is 5.69 Å². The minimum atomic E-state index is -0.368. The van der Waals surface area contributed by atoms with E-state index in [1.807, 2.05) is 43.3 Å². The van der Waals surface area contributed by atoms with Crippen molar-refractivity contribution in [2.24, 2.45) is 4.99 Å². The maximum Gasteiger partial charge on any atom is 0.283 e. The van der Waals surface area contributed by atoms with Gasteiger partial charge in [-0.3, -0.25) is 15.1 Å². The van der Waals surface area contributed by atoms with Crippen molar-refractivity contribution in [2.75, 3.05) is 0 Å². The van der Waals surface area contributed by atoms with Gasteiger partial charge in [0.05, 0.1) is 15.5 Å². The standard InChI is InChI=1S/C20H15ClN2O2S/c1-14-5-8-18(9-6-14)26-20-10-7-15(11-19(20)23(24)25)13-22-17-4-2-3-16(21)12-17/h2-13H,1H3. The van der Waals surface area contributed by atoms with E-state index in [4.69, 9.17) is 11.6 Å². The van der Waals surface area contributed by atoms with Crippen LogP contribution in [0.15, 0.2) is 81.5 Å². The molecule has 0 heterocycles. The lowest BCUT2D eigenvalue weighted by molar-refractivity contribution is -0.387. The number of aryl methyl sites for hydroxylation is 1. The van der Waals surface area contributed by atoms with Crippen LogP contribution in [0.4, 0.5) is 11.4 Å². The highest BCUT2D eigenvalue weighted by atomic mass is 35.5. The number of aliphatic imine (C=N–C) groups is 1. The van der Waals surface area contributed by atoms with E-state index >= 15 is 0 Å². The first-order valence-corrected chi connectivity index (χ1v) is 9.03. The molecule has 0 aliphatic carbocycles. The molecule has 0 amide bonds. The second-order valence-electron chi connectivity index (χ2n) is 5.64. The van der Waals surface area contributed by atoms with Gasteiger partial charge in [-0.2, -0.15) is 0 Å². The molecule has 3 aromatic carbocycles. The Bertz CT molecular complexity index is 972. The summed E-state index contributed by atoms with van der Waals surface area (Å²) in [4.78, 5) is 17.0. The summed E-state index contributed by atoms with van der Waals surface area (Å²) < 4.78 is 0. The zero-order chi connectivity index (χ0) is 18.5. The average Bonchev–Trinajstić information content (AvgIpc) is 2.62. The fourth-order valence-electron chi connectivity index (χ4n) is 2.28. The van der Waals surface area contributed by atoms with Crippen molar-refractivity contribution < 1.29 is 4.92 Å². The van der Waals surface area contributed by atoms with Crippen LogP contribution >= 0.6 is 23.4 Å². The monoisotopic (exact) mass is 382 g/mol. The van der Waals surface area contributed by atoms with Crippen molar-refractivity contribution >= 4 is 41.0 Å². The first kappa shape index (κ1) is 18.2.